The molecule has 0 spiro atoms. The highest BCUT2D eigenvalue weighted by Gasteiger charge is 2.24. The van der Waals surface area contributed by atoms with E-state index >= 15 is 0 Å². The predicted octanol–water partition coefficient (Wildman–Crippen LogP) is 0.894. The fourth-order valence-electron chi connectivity index (χ4n) is 1.83. The fourth-order valence-corrected chi connectivity index (χ4v) is 1.83. The van der Waals surface area contributed by atoms with Crippen LogP contribution in [0.1, 0.15) is 33.6 Å². The van der Waals surface area contributed by atoms with Gasteiger partial charge in [0.05, 0.1) is 11.7 Å². The van der Waals surface area contributed by atoms with E-state index in [9.17, 15) is 9.59 Å². The summed E-state index contributed by atoms with van der Waals surface area (Å²) < 4.78 is 10.7. The molecule has 0 aromatic rings. The highest BCUT2D eigenvalue weighted by molar-refractivity contribution is 5.77. The van der Waals surface area contributed by atoms with Gasteiger partial charge in [0.25, 0.3) is 0 Å². The number of rotatable bonds is 5. The van der Waals surface area contributed by atoms with Crippen LogP contribution in [0.3, 0.4) is 0 Å². The van der Waals surface area contributed by atoms with E-state index in [-0.39, 0.29) is 30.8 Å². The van der Waals surface area contributed by atoms with Gasteiger partial charge in [-0.25, -0.2) is 4.79 Å². The van der Waals surface area contributed by atoms with Crippen LogP contribution in [0.4, 0.5) is 0 Å². The molecule has 6 heteroatoms. The quantitative estimate of drug-likeness (QED) is 0.805. The van der Waals surface area contributed by atoms with Crippen molar-refractivity contribution in [2.24, 2.45) is 0 Å². The molecule has 110 valence electrons. The Labute approximate surface area is 113 Å². The van der Waals surface area contributed by atoms with E-state index in [0.717, 1.165) is 0 Å². The second-order valence-electron chi connectivity index (χ2n) is 5.69. The minimum atomic E-state index is -0.961. The van der Waals surface area contributed by atoms with Gasteiger partial charge in [-0.15, -0.1) is 0 Å². The van der Waals surface area contributed by atoms with E-state index in [1.165, 1.54) is 0 Å². The Kier molecular flexibility index (Phi) is 5.75. The van der Waals surface area contributed by atoms with Gasteiger partial charge in [0.2, 0.25) is 5.91 Å². The molecule has 6 nitrogen and oxygen atoms in total. The molecule has 1 aliphatic heterocycles. The normalized spacial score (nSPS) is 17.5. The highest BCUT2D eigenvalue weighted by atomic mass is 16.5. The van der Waals surface area contributed by atoms with Crippen molar-refractivity contribution >= 4 is 11.9 Å². The molecule has 0 bridgehead atoms. The first-order chi connectivity index (χ1) is 8.78. The zero-order valence-electron chi connectivity index (χ0n) is 11.8. The molecule has 1 saturated heterocycles. The fraction of sp³-hybridized carbons (Fsp3) is 0.846. The molecule has 0 unspecified atom stereocenters. The van der Waals surface area contributed by atoms with Gasteiger partial charge in [-0.3, -0.25) is 4.79 Å². The largest absolute Gasteiger partial charge is 0.480 e. The lowest BCUT2D eigenvalue weighted by Gasteiger charge is -2.32. The first-order valence-corrected chi connectivity index (χ1v) is 6.53. The molecule has 0 saturated carbocycles. The van der Waals surface area contributed by atoms with Gasteiger partial charge in [0.1, 0.15) is 13.2 Å². The number of carbonyl (C=O) groups excluding carboxylic acids is 1. The Balaban J connectivity index is 2.25. The van der Waals surface area contributed by atoms with E-state index < -0.39 is 5.97 Å². The Hall–Kier alpha value is -1.14. The van der Waals surface area contributed by atoms with Crippen LogP contribution < -0.4 is 0 Å². The lowest BCUT2D eigenvalue weighted by Crippen LogP contribution is -2.43. The summed E-state index contributed by atoms with van der Waals surface area (Å²) in [6, 6.07) is 0. The maximum atomic E-state index is 11.9. The Morgan fingerprint density at radius 3 is 2.26 bits per heavy atom. The van der Waals surface area contributed by atoms with Crippen molar-refractivity contribution in [1.82, 2.24) is 4.90 Å². The van der Waals surface area contributed by atoms with Gasteiger partial charge >= 0.3 is 5.97 Å². The summed E-state index contributed by atoms with van der Waals surface area (Å²) in [7, 11) is 0. The average Bonchev–Trinajstić information content (AvgIpc) is 2.33. The van der Waals surface area contributed by atoms with Crippen molar-refractivity contribution in [2.75, 3.05) is 26.3 Å². The third-order valence-corrected chi connectivity index (χ3v) is 2.87. The van der Waals surface area contributed by atoms with Gasteiger partial charge < -0.3 is 19.5 Å². The molecule has 1 fully saturated rings. The highest BCUT2D eigenvalue weighted by Crippen LogP contribution is 2.14. The van der Waals surface area contributed by atoms with Crippen molar-refractivity contribution in [1.29, 1.82) is 0 Å². The van der Waals surface area contributed by atoms with Crippen LogP contribution in [0.15, 0.2) is 0 Å². The van der Waals surface area contributed by atoms with Gasteiger partial charge in [-0.2, -0.15) is 0 Å². The van der Waals surface area contributed by atoms with Crippen LogP contribution in [-0.4, -0.2) is 59.9 Å². The summed E-state index contributed by atoms with van der Waals surface area (Å²) in [5, 5.41) is 8.52. The first-order valence-electron chi connectivity index (χ1n) is 6.53. The van der Waals surface area contributed by atoms with Crippen molar-refractivity contribution in [2.45, 2.75) is 45.3 Å². The predicted molar refractivity (Wildman–Crippen MR) is 68.9 cm³/mol. The standard InChI is InChI=1S/C13H23NO5/c1-13(2,3)19-8-11(15)14-6-4-10(5-7-14)18-9-12(16)17/h10H,4-9H2,1-3H3,(H,16,17). The minimum Gasteiger partial charge on any atom is -0.480 e. The van der Waals surface area contributed by atoms with Crippen molar-refractivity contribution in [3.63, 3.8) is 0 Å². The molecule has 1 N–H and O–H groups in total. The molecule has 0 radical (unpaired) electrons. The number of amides is 1. The van der Waals surface area contributed by atoms with Crippen LogP contribution in [0.2, 0.25) is 0 Å². The summed E-state index contributed by atoms with van der Waals surface area (Å²) in [6.45, 7) is 6.73. The number of carboxylic acids is 1. The zero-order chi connectivity index (χ0) is 14.5. The van der Waals surface area contributed by atoms with E-state index in [2.05, 4.69) is 0 Å². The molecule has 19 heavy (non-hydrogen) atoms. The second-order valence-corrected chi connectivity index (χ2v) is 5.69. The van der Waals surface area contributed by atoms with E-state index in [1.54, 1.807) is 4.90 Å². The van der Waals surface area contributed by atoms with Gasteiger partial charge in [0.15, 0.2) is 0 Å². The summed E-state index contributed by atoms with van der Waals surface area (Å²) >= 11 is 0. The first kappa shape index (κ1) is 15.9. The molecule has 0 aliphatic carbocycles. The molecule has 0 aromatic heterocycles. The maximum absolute atomic E-state index is 11.9. The number of likely N-dealkylation sites (tertiary alicyclic amines) is 1. The third-order valence-electron chi connectivity index (χ3n) is 2.87. The lowest BCUT2D eigenvalue weighted by molar-refractivity contribution is -0.149. The summed E-state index contributed by atoms with van der Waals surface area (Å²) in [4.78, 5) is 24.0. The average molecular weight is 273 g/mol. The van der Waals surface area contributed by atoms with Gasteiger partial charge in [-0.05, 0) is 33.6 Å². The van der Waals surface area contributed by atoms with E-state index in [1.807, 2.05) is 20.8 Å². The van der Waals surface area contributed by atoms with Crippen molar-refractivity contribution < 1.29 is 24.2 Å². The summed E-state index contributed by atoms with van der Waals surface area (Å²) in [6.07, 6.45) is 1.28. The van der Waals surface area contributed by atoms with E-state index in [4.69, 9.17) is 14.6 Å². The van der Waals surface area contributed by atoms with Crippen molar-refractivity contribution in [3.05, 3.63) is 0 Å². The molecule has 0 atom stereocenters. The number of aliphatic carboxylic acids is 1. The summed E-state index contributed by atoms with van der Waals surface area (Å²) in [5.74, 6) is -0.983. The smallest absolute Gasteiger partial charge is 0.329 e. The van der Waals surface area contributed by atoms with Crippen LogP contribution >= 0.6 is 0 Å². The van der Waals surface area contributed by atoms with Gasteiger partial charge in [0, 0.05) is 13.1 Å². The number of hydrogen-bond donors (Lipinski definition) is 1. The maximum Gasteiger partial charge on any atom is 0.329 e. The molecular weight excluding hydrogens is 250 g/mol. The molecule has 1 amide bonds. The van der Waals surface area contributed by atoms with Crippen LogP contribution in [0.5, 0.6) is 0 Å². The Bertz CT molecular complexity index is 315. The zero-order valence-corrected chi connectivity index (χ0v) is 11.8. The number of hydrogen-bond acceptors (Lipinski definition) is 4. The third kappa shape index (κ3) is 6.54. The number of piperidine rings is 1. The second kappa shape index (κ2) is 6.86. The molecule has 1 aliphatic rings. The van der Waals surface area contributed by atoms with Crippen molar-refractivity contribution in [3.8, 4) is 0 Å². The number of carboxylic acid groups (broad SMARTS) is 1. The molecule has 0 aromatic carbocycles. The molecule has 1 heterocycles. The monoisotopic (exact) mass is 273 g/mol. The van der Waals surface area contributed by atoms with Crippen LogP contribution in [0, 0.1) is 0 Å². The van der Waals surface area contributed by atoms with Crippen LogP contribution in [0.25, 0.3) is 0 Å². The lowest BCUT2D eigenvalue weighted by atomic mass is 10.1. The topological polar surface area (TPSA) is 76.1 Å². The number of ether oxygens (including phenoxy) is 2. The minimum absolute atomic E-state index is 0.0217. The molecular formula is C13H23NO5. The van der Waals surface area contributed by atoms with Gasteiger partial charge in [-0.1, -0.05) is 0 Å². The van der Waals surface area contributed by atoms with Crippen LogP contribution in [-0.2, 0) is 19.1 Å². The number of carbonyl (C=O) groups is 2. The Morgan fingerprint density at radius 1 is 1.21 bits per heavy atom. The Morgan fingerprint density at radius 2 is 1.79 bits per heavy atom. The SMILES string of the molecule is CC(C)(C)OCC(=O)N1CCC(OCC(=O)O)CC1. The van der Waals surface area contributed by atoms with E-state index in [0.29, 0.717) is 25.9 Å². The summed E-state index contributed by atoms with van der Waals surface area (Å²) in [5.41, 5.74) is -0.321. The molecule has 1 rings (SSSR count). The number of nitrogens with zero attached hydrogens (tertiary/aromatic N) is 1.